The van der Waals surface area contributed by atoms with Gasteiger partial charge in [0.2, 0.25) is 0 Å². The van der Waals surface area contributed by atoms with Gasteiger partial charge in [-0.2, -0.15) is 0 Å². The van der Waals surface area contributed by atoms with Crippen LogP contribution in [0.5, 0.6) is 0 Å². The largest absolute Gasteiger partial charge is 0.458 e. The highest BCUT2D eigenvalue weighted by molar-refractivity contribution is 5.89. The van der Waals surface area contributed by atoms with Crippen LogP contribution in [0, 0.1) is 34.5 Å². The number of hydrogen-bond acceptors (Lipinski definition) is 6. The molecule has 1 aromatic carbocycles. The Balaban J connectivity index is 1.17. The van der Waals surface area contributed by atoms with Gasteiger partial charge < -0.3 is 23.7 Å². The third kappa shape index (κ3) is 3.33. The number of benzene rings is 1. The van der Waals surface area contributed by atoms with Crippen LogP contribution in [0.4, 0.5) is 0 Å². The molecule has 0 N–H and O–H groups in total. The highest BCUT2D eigenvalue weighted by Crippen LogP contribution is 2.70. The van der Waals surface area contributed by atoms with Gasteiger partial charge in [-0.15, -0.1) is 0 Å². The van der Waals surface area contributed by atoms with Crippen LogP contribution < -0.4 is 0 Å². The van der Waals surface area contributed by atoms with Crippen LogP contribution in [0.3, 0.4) is 0 Å². The number of carbonyl (C=O) groups is 1. The standard InChI is InChI=1S/C30H40O6/c1-27-12-13-29(32-14-15-33-29)19-24(27)30(34-16-17-35-30)18-21-22-8-9-25(28(22,2)11-10-23(21)27)36-26(31)20-6-4-3-5-7-20/h3-7,21-25H,8-19H2,1-2H3/t21-,22-,23-,24-,25+,27+,28-/m0/s1. The molecule has 6 nitrogen and oxygen atoms in total. The summed E-state index contributed by atoms with van der Waals surface area (Å²) in [6.45, 7) is 7.60. The molecule has 2 spiro atoms. The molecule has 36 heavy (non-hydrogen) atoms. The van der Waals surface area contributed by atoms with E-state index in [0.29, 0.717) is 49.7 Å². The van der Waals surface area contributed by atoms with Crippen molar-refractivity contribution in [3.05, 3.63) is 35.9 Å². The fraction of sp³-hybridized carbons (Fsp3) is 0.767. The van der Waals surface area contributed by atoms with Crippen LogP contribution in [0.1, 0.15) is 75.6 Å². The predicted molar refractivity (Wildman–Crippen MR) is 132 cm³/mol. The first kappa shape index (κ1) is 23.6. The van der Waals surface area contributed by atoms with E-state index in [1.807, 2.05) is 30.3 Å². The second-order valence-corrected chi connectivity index (χ2v) is 12.8. The molecule has 4 aliphatic carbocycles. The number of carbonyl (C=O) groups excluding carboxylic acids is 1. The molecule has 196 valence electrons. The molecule has 0 bridgehead atoms. The molecule has 2 heterocycles. The summed E-state index contributed by atoms with van der Waals surface area (Å²) in [6, 6.07) is 9.43. The van der Waals surface area contributed by atoms with Gasteiger partial charge in [0.05, 0.1) is 32.0 Å². The van der Waals surface area contributed by atoms with Crippen LogP contribution in [-0.4, -0.2) is 50.1 Å². The molecule has 6 aliphatic rings. The van der Waals surface area contributed by atoms with Crippen molar-refractivity contribution >= 4 is 5.97 Å². The maximum atomic E-state index is 13.0. The van der Waals surface area contributed by atoms with Crippen molar-refractivity contribution in [3.63, 3.8) is 0 Å². The summed E-state index contributed by atoms with van der Waals surface area (Å²) in [5.74, 6) is 0.750. The van der Waals surface area contributed by atoms with Crippen molar-refractivity contribution in [1.29, 1.82) is 0 Å². The number of rotatable bonds is 2. The topological polar surface area (TPSA) is 63.2 Å². The Morgan fingerprint density at radius 3 is 2.25 bits per heavy atom. The van der Waals surface area contributed by atoms with Gasteiger partial charge in [0.15, 0.2) is 11.6 Å². The molecule has 2 aliphatic heterocycles. The molecule has 6 fully saturated rings. The van der Waals surface area contributed by atoms with E-state index in [4.69, 9.17) is 23.7 Å². The van der Waals surface area contributed by atoms with Crippen molar-refractivity contribution < 1.29 is 28.5 Å². The summed E-state index contributed by atoms with van der Waals surface area (Å²) in [7, 11) is 0. The van der Waals surface area contributed by atoms with Crippen molar-refractivity contribution in [1.82, 2.24) is 0 Å². The molecule has 0 unspecified atom stereocenters. The summed E-state index contributed by atoms with van der Waals surface area (Å²) in [6.07, 6.45) is 8.16. The Hall–Kier alpha value is -1.47. The smallest absolute Gasteiger partial charge is 0.338 e. The third-order valence-electron chi connectivity index (χ3n) is 11.5. The molecular formula is C30H40O6. The lowest BCUT2D eigenvalue weighted by Gasteiger charge is -2.65. The molecule has 2 saturated heterocycles. The first-order valence-electron chi connectivity index (χ1n) is 14.2. The van der Waals surface area contributed by atoms with Gasteiger partial charge in [-0.3, -0.25) is 0 Å². The van der Waals surface area contributed by atoms with E-state index in [1.54, 1.807) is 0 Å². The average molecular weight is 497 g/mol. The van der Waals surface area contributed by atoms with Crippen molar-refractivity contribution in [2.24, 2.45) is 34.5 Å². The van der Waals surface area contributed by atoms with Crippen molar-refractivity contribution in [2.45, 2.75) is 82.9 Å². The first-order chi connectivity index (χ1) is 17.4. The molecule has 7 atom stereocenters. The highest BCUT2D eigenvalue weighted by Gasteiger charge is 2.70. The molecule has 4 saturated carbocycles. The molecule has 0 radical (unpaired) electrons. The van der Waals surface area contributed by atoms with E-state index in [9.17, 15) is 4.79 Å². The fourth-order valence-corrected chi connectivity index (χ4v) is 9.71. The maximum absolute atomic E-state index is 13.0. The second kappa shape index (κ2) is 8.26. The zero-order valence-electron chi connectivity index (χ0n) is 21.7. The highest BCUT2D eigenvalue weighted by atomic mass is 16.7. The summed E-state index contributed by atoms with van der Waals surface area (Å²) in [5.41, 5.74) is 0.779. The third-order valence-corrected chi connectivity index (χ3v) is 11.5. The van der Waals surface area contributed by atoms with Gasteiger partial charge in [0, 0.05) is 30.6 Å². The Morgan fingerprint density at radius 2 is 1.50 bits per heavy atom. The fourth-order valence-electron chi connectivity index (χ4n) is 9.71. The van der Waals surface area contributed by atoms with E-state index >= 15 is 0 Å². The lowest BCUT2D eigenvalue weighted by molar-refractivity contribution is -0.325. The van der Waals surface area contributed by atoms with Crippen LogP contribution in [-0.2, 0) is 23.7 Å². The number of ether oxygens (including phenoxy) is 5. The number of fused-ring (bicyclic) bond motifs is 6. The Morgan fingerprint density at radius 1 is 0.806 bits per heavy atom. The van der Waals surface area contributed by atoms with E-state index in [-0.39, 0.29) is 28.8 Å². The quantitative estimate of drug-likeness (QED) is 0.515. The minimum Gasteiger partial charge on any atom is -0.458 e. The van der Waals surface area contributed by atoms with Crippen molar-refractivity contribution in [3.8, 4) is 0 Å². The van der Waals surface area contributed by atoms with Crippen LogP contribution in [0.2, 0.25) is 0 Å². The number of esters is 1. The summed E-state index contributed by atoms with van der Waals surface area (Å²) in [5, 5.41) is 0. The Labute approximate surface area is 214 Å². The van der Waals surface area contributed by atoms with E-state index in [0.717, 1.165) is 44.9 Å². The van der Waals surface area contributed by atoms with Crippen LogP contribution >= 0.6 is 0 Å². The monoisotopic (exact) mass is 496 g/mol. The minimum absolute atomic E-state index is 0.00215. The maximum Gasteiger partial charge on any atom is 0.338 e. The molecule has 1 aromatic rings. The van der Waals surface area contributed by atoms with Gasteiger partial charge in [-0.05, 0) is 67.4 Å². The summed E-state index contributed by atoms with van der Waals surface area (Å²) in [4.78, 5) is 13.0. The summed E-state index contributed by atoms with van der Waals surface area (Å²) < 4.78 is 31.8. The van der Waals surface area contributed by atoms with E-state index in [2.05, 4.69) is 13.8 Å². The van der Waals surface area contributed by atoms with Gasteiger partial charge in [0.1, 0.15) is 6.10 Å². The second-order valence-electron chi connectivity index (χ2n) is 12.8. The van der Waals surface area contributed by atoms with Crippen molar-refractivity contribution in [2.75, 3.05) is 26.4 Å². The molecule has 7 rings (SSSR count). The molecule has 0 amide bonds. The lowest BCUT2D eigenvalue weighted by Crippen LogP contribution is -2.65. The Kier molecular flexibility index (Phi) is 5.42. The minimum atomic E-state index is -0.546. The SMILES string of the molecule is C[C@]12CCC3(C[C@@H]1C1(C[C@@H]4[C@@H]2CC[C@]2(C)[C@H](OC(=O)c5ccccc5)CC[C@@H]42)OCCO1)OCCO3. The molecule has 6 heteroatoms. The van der Waals surface area contributed by atoms with Crippen LogP contribution in [0.25, 0.3) is 0 Å². The lowest BCUT2D eigenvalue weighted by atomic mass is 9.43. The summed E-state index contributed by atoms with van der Waals surface area (Å²) >= 11 is 0. The van der Waals surface area contributed by atoms with Gasteiger partial charge in [0.25, 0.3) is 0 Å². The van der Waals surface area contributed by atoms with Gasteiger partial charge in [-0.25, -0.2) is 4.79 Å². The van der Waals surface area contributed by atoms with Gasteiger partial charge >= 0.3 is 5.97 Å². The Bertz CT molecular complexity index is 998. The van der Waals surface area contributed by atoms with E-state index < -0.39 is 11.6 Å². The average Bonchev–Trinajstić information content (AvgIpc) is 3.62. The van der Waals surface area contributed by atoms with Crippen LogP contribution in [0.15, 0.2) is 30.3 Å². The first-order valence-corrected chi connectivity index (χ1v) is 14.2. The zero-order chi connectivity index (χ0) is 24.6. The molecular weight excluding hydrogens is 456 g/mol. The van der Waals surface area contributed by atoms with E-state index in [1.165, 1.54) is 6.42 Å². The molecule has 0 aromatic heterocycles. The number of hydrogen-bond donors (Lipinski definition) is 0. The van der Waals surface area contributed by atoms with Gasteiger partial charge in [-0.1, -0.05) is 32.0 Å². The normalized spacial score (nSPS) is 44.2. The predicted octanol–water partition coefficient (Wildman–Crippen LogP) is 5.35. The zero-order valence-corrected chi connectivity index (χ0v) is 21.7.